The van der Waals surface area contributed by atoms with Gasteiger partial charge in [-0.2, -0.15) is 0 Å². The van der Waals surface area contributed by atoms with Crippen LogP contribution in [0.3, 0.4) is 0 Å². The number of para-hydroxylation sites is 6. The molecule has 2 heterocycles. The van der Waals surface area contributed by atoms with Crippen molar-refractivity contribution < 1.29 is 8.83 Å². The SMILES string of the molecule is Cc1ccccc1N(c1ccc2cc3c(cc2c1)C1(c2ccccc2-c2ccccc21)c1cc(N(c2ccccc2C)c2cccc4c2oc2ccccc24)c2ccccc2c1-3)c1cccc2c1oc1ccccc12. The summed E-state index contributed by atoms with van der Waals surface area (Å²) in [5.74, 6) is 0. The Morgan fingerprint density at radius 3 is 1.43 bits per heavy atom. The van der Waals surface area contributed by atoms with E-state index in [1.54, 1.807) is 0 Å². The Kier molecular flexibility index (Phi) is 8.77. The van der Waals surface area contributed by atoms with Crippen LogP contribution in [0.2, 0.25) is 0 Å². The Bertz CT molecular complexity index is 4680. The van der Waals surface area contributed by atoms with Gasteiger partial charge in [-0.3, -0.25) is 0 Å². The zero-order valence-electron chi connectivity index (χ0n) is 41.3. The van der Waals surface area contributed by atoms with Gasteiger partial charge in [-0.1, -0.05) is 176 Å². The lowest BCUT2D eigenvalue weighted by molar-refractivity contribution is 0.668. The van der Waals surface area contributed by atoms with Crippen molar-refractivity contribution in [3.8, 4) is 22.3 Å². The maximum Gasteiger partial charge on any atom is 0.159 e. The molecular formula is C71H46N2O2. The third kappa shape index (κ3) is 5.77. The fraction of sp³-hybridized carbons (Fsp3) is 0.0423. The summed E-state index contributed by atoms with van der Waals surface area (Å²) in [5, 5.41) is 9.13. The normalized spacial score (nSPS) is 13.0. The van der Waals surface area contributed by atoms with Gasteiger partial charge in [0, 0.05) is 44.0 Å². The van der Waals surface area contributed by atoms with Crippen LogP contribution in [0.5, 0.6) is 0 Å². The Hall–Kier alpha value is -9.64. The molecule has 0 amide bonds. The van der Waals surface area contributed by atoms with E-state index in [0.29, 0.717) is 0 Å². The first-order valence-electron chi connectivity index (χ1n) is 25.9. The first-order chi connectivity index (χ1) is 37.0. The molecule has 75 heavy (non-hydrogen) atoms. The van der Waals surface area contributed by atoms with Crippen LogP contribution in [0.1, 0.15) is 33.4 Å². The molecule has 0 unspecified atom stereocenters. The minimum Gasteiger partial charge on any atom is -0.454 e. The molecule has 0 fully saturated rings. The predicted molar refractivity (Wildman–Crippen MR) is 311 cm³/mol. The van der Waals surface area contributed by atoms with E-state index in [4.69, 9.17) is 8.83 Å². The minimum absolute atomic E-state index is 0.654. The van der Waals surface area contributed by atoms with Gasteiger partial charge in [0.1, 0.15) is 11.2 Å². The highest BCUT2D eigenvalue weighted by atomic mass is 16.3. The van der Waals surface area contributed by atoms with Crippen LogP contribution in [-0.2, 0) is 5.41 Å². The zero-order valence-corrected chi connectivity index (χ0v) is 41.3. The van der Waals surface area contributed by atoms with Crippen LogP contribution in [0, 0.1) is 13.8 Å². The van der Waals surface area contributed by atoms with Gasteiger partial charge in [-0.25, -0.2) is 0 Å². The molecule has 2 aromatic heterocycles. The van der Waals surface area contributed by atoms with Crippen LogP contribution in [-0.4, -0.2) is 0 Å². The van der Waals surface area contributed by atoms with Gasteiger partial charge in [0.05, 0.1) is 22.5 Å². The smallest absolute Gasteiger partial charge is 0.159 e. The van der Waals surface area contributed by atoms with Gasteiger partial charge < -0.3 is 18.6 Å². The summed E-state index contributed by atoms with van der Waals surface area (Å²) in [4.78, 5) is 4.86. The van der Waals surface area contributed by atoms with Crippen molar-refractivity contribution in [2.45, 2.75) is 19.3 Å². The van der Waals surface area contributed by atoms with Crippen molar-refractivity contribution in [1.82, 2.24) is 0 Å². The molecule has 0 radical (unpaired) electrons. The number of rotatable bonds is 6. The lowest BCUT2D eigenvalue weighted by Crippen LogP contribution is -2.26. The summed E-state index contributed by atoms with van der Waals surface area (Å²) in [7, 11) is 0. The van der Waals surface area contributed by atoms with Crippen LogP contribution < -0.4 is 9.80 Å². The Morgan fingerprint density at radius 2 is 0.800 bits per heavy atom. The van der Waals surface area contributed by atoms with Crippen LogP contribution in [0.25, 0.3) is 87.7 Å². The molecule has 0 saturated carbocycles. The van der Waals surface area contributed by atoms with E-state index < -0.39 is 5.41 Å². The maximum absolute atomic E-state index is 6.91. The molecule has 0 N–H and O–H groups in total. The Balaban J connectivity index is 0.994. The van der Waals surface area contributed by atoms with Gasteiger partial charge in [0.25, 0.3) is 0 Å². The number of hydrogen-bond donors (Lipinski definition) is 0. The lowest BCUT2D eigenvalue weighted by atomic mass is 9.70. The molecule has 12 aromatic carbocycles. The largest absolute Gasteiger partial charge is 0.454 e. The van der Waals surface area contributed by atoms with E-state index in [1.165, 1.54) is 77.2 Å². The molecule has 0 bridgehead atoms. The zero-order chi connectivity index (χ0) is 49.5. The van der Waals surface area contributed by atoms with Crippen molar-refractivity contribution in [3.63, 3.8) is 0 Å². The molecular weight excluding hydrogens is 913 g/mol. The highest BCUT2D eigenvalue weighted by Crippen LogP contribution is 2.65. The molecule has 14 aromatic rings. The van der Waals surface area contributed by atoms with E-state index in [-0.39, 0.29) is 0 Å². The average Bonchev–Trinajstić information content (AvgIpc) is 4.40. The average molecular weight is 959 g/mol. The predicted octanol–water partition coefficient (Wildman–Crippen LogP) is 19.7. The van der Waals surface area contributed by atoms with Gasteiger partial charge >= 0.3 is 0 Å². The van der Waals surface area contributed by atoms with Gasteiger partial charge in [-0.15, -0.1) is 0 Å². The number of benzene rings is 12. The third-order valence-electron chi connectivity index (χ3n) is 16.5. The molecule has 2 aliphatic rings. The third-order valence-corrected chi connectivity index (χ3v) is 16.5. The van der Waals surface area contributed by atoms with Crippen LogP contribution >= 0.6 is 0 Å². The summed E-state index contributed by atoms with van der Waals surface area (Å²) in [5.41, 5.74) is 21.7. The quantitative estimate of drug-likeness (QED) is 0.166. The molecule has 4 nitrogen and oxygen atoms in total. The molecule has 4 heteroatoms. The first-order valence-corrected chi connectivity index (χ1v) is 25.9. The molecule has 16 rings (SSSR count). The number of hydrogen-bond acceptors (Lipinski definition) is 4. The van der Waals surface area contributed by atoms with Crippen molar-refractivity contribution in [3.05, 3.63) is 276 Å². The van der Waals surface area contributed by atoms with Crippen LogP contribution in [0.15, 0.2) is 251 Å². The number of aryl methyl sites for hydroxylation is 2. The van der Waals surface area contributed by atoms with Crippen LogP contribution in [0.4, 0.5) is 34.1 Å². The summed E-state index contributed by atoms with van der Waals surface area (Å²) in [6, 6.07) is 89.1. The molecule has 0 saturated heterocycles. The summed E-state index contributed by atoms with van der Waals surface area (Å²) in [6.07, 6.45) is 0. The molecule has 352 valence electrons. The van der Waals surface area contributed by atoms with E-state index in [1.807, 2.05) is 6.07 Å². The second-order valence-electron chi connectivity index (χ2n) is 20.4. The van der Waals surface area contributed by atoms with Gasteiger partial charge in [-0.05, 0) is 152 Å². The topological polar surface area (TPSA) is 32.8 Å². The molecule has 1 spiro atoms. The highest BCUT2D eigenvalue weighted by molar-refractivity contribution is 6.17. The van der Waals surface area contributed by atoms with Gasteiger partial charge in [0.15, 0.2) is 11.2 Å². The Morgan fingerprint density at radius 1 is 0.307 bits per heavy atom. The fourth-order valence-corrected chi connectivity index (χ4v) is 13.3. The maximum atomic E-state index is 6.91. The highest BCUT2D eigenvalue weighted by Gasteiger charge is 2.52. The second kappa shape index (κ2) is 15.7. The monoisotopic (exact) mass is 958 g/mol. The van der Waals surface area contributed by atoms with Crippen molar-refractivity contribution >= 4 is 99.5 Å². The van der Waals surface area contributed by atoms with Crippen molar-refractivity contribution in [1.29, 1.82) is 0 Å². The van der Waals surface area contributed by atoms with E-state index in [2.05, 4.69) is 260 Å². The number of furan rings is 2. The summed E-state index contributed by atoms with van der Waals surface area (Å²) < 4.78 is 13.7. The first kappa shape index (κ1) is 41.9. The fourth-order valence-electron chi connectivity index (χ4n) is 13.3. The van der Waals surface area contributed by atoms with E-state index >= 15 is 0 Å². The lowest BCUT2D eigenvalue weighted by Gasteiger charge is -2.33. The van der Waals surface area contributed by atoms with Crippen molar-refractivity contribution in [2.24, 2.45) is 0 Å². The standard InChI is InChI=1S/C71H46N2O2/c1-43-19-3-13-31-61(43)72(63-33-17-27-54-51-24-9-15-35-66(51)74-69(54)63)47-38-37-45-40-56-59(41-46(45)39-47)71(57-29-11-7-21-48(57)49-22-8-12-30-58(49)71)60-42-65(50-23-5-6-26-53(50)68(56)60)73(62-32-14-4-20-44(62)2)64-34-18-28-55-52-25-10-16-36-67(52)75-70(55)64/h3-42H,1-2H3. The van der Waals surface area contributed by atoms with Crippen molar-refractivity contribution in [2.75, 3.05) is 9.80 Å². The second-order valence-corrected chi connectivity index (χ2v) is 20.4. The number of anilines is 6. The summed E-state index contributed by atoms with van der Waals surface area (Å²) >= 11 is 0. The number of nitrogens with zero attached hydrogens (tertiary/aromatic N) is 2. The van der Waals surface area contributed by atoms with E-state index in [9.17, 15) is 0 Å². The summed E-state index contributed by atoms with van der Waals surface area (Å²) in [6.45, 7) is 4.41. The molecule has 0 atom stereocenters. The Labute approximate surface area is 433 Å². The number of fused-ring (bicyclic) bond motifs is 19. The molecule has 0 aliphatic heterocycles. The molecule has 2 aliphatic carbocycles. The minimum atomic E-state index is -0.654. The van der Waals surface area contributed by atoms with E-state index in [0.717, 1.165) is 78.0 Å². The van der Waals surface area contributed by atoms with Gasteiger partial charge in [0.2, 0.25) is 0 Å².